The SMILES string of the molecule is CNC(=O)c1sc(NCCCC(C)C)c(C(=O)OC)c1N. The molecule has 0 unspecified atom stereocenters. The molecule has 1 amide bonds. The van der Waals surface area contributed by atoms with Gasteiger partial charge in [-0.15, -0.1) is 11.3 Å². The quantitative estimate of drug-likeness (QED) is 0.530. The molecule has 0 saturated heterocycles. The molecule has 0 bridgehead atoms. The highest BCUT2D eigenvalue weighted by Crippen LogP contribution is 2.36. The van der Waals surface area contributed by atoms with Crippen LogP contribution in [0.5, 0.6) is 0 Å². The maximum atomic E-state index is 11.9. The van der Waals surface area contributed by atoms with Crippen molar-refractivity contribution in [2.75, 3.05) is 31.8 Å². The van der Waals surface area contributed by atoms with E-state index in [-0.39, 0.29) is 17.2 Å². The van der Waals surface area contributed by atoms with E-state index in [9.17, 15) is 9.59 Å². The molecule has 0 saturated carbocycles. The van der Waals surface area contributed by atoms with E-state index >= 15 is 0 Å². The number of anilines is 2. The van der Waals surface area contributed by atoms with Crippen molar-refractivity contribution in [3.05, 3.63) is 10.4 Å². The monoisotopic (exact) mass is 313 g/mol. The maximum absolute atomic E-state index is 11.9. The highest BCUT2D eigenvalue weighted by atomic mass is 32.1. The molecule has 0 atom stereocenters. The molecular formula is C14H23N3O3S. The Bertz CT molecular complexity index is 512. The minimum Gasteiger partial charge on any atom is -0.465 e. The molecule has 21 heavy (non-hydrogen) atoms. The van der Waals surface area contributed by atoms with Gasteiger partial charge in [0.05, 0.1) is 12.8 Å². The van der Waals surface area contributed by atoms with Gasteiger partial charge in [-0.2, -0.15) is 0 Å². The Morgan fingerprint density at radius 1 is 1.38 bits per heavy atom. The van der Waals surface area contributed by atoms with E-state index in [1.807, 2.05) is 0 Å². The fraction of sp³-hybridized carbons (Fsp3) is 0.571. The predicted molar refractivity (Wildman–Crippen MR) is 86.0 cm³/mol. The first-order chi connectivity index (χ1) is 9.92. The van der Waals surface area contributed by atoms with Crippen molar-refractivity contribution in [1.82, 2.24) is 5.32 Å². The third-order valence-corrected chi connectivity index (χ3v) is 4.17. The number of hydrogen-bond acceptors (Lipinski definition) is 6. The molecule has 0 aliphatic rings. The van der Waals surface area contributed by atoms with Gasteiger partial charge in [-0.3, -0.25) is 4.79 Å². The van der Waals surface area contributed by atoms with E-state index in [4.69, 9.17) is 10.5 Å². The number of esters is 1. The lowest BCUT2D eigenvalue weighted by atomic mass is 10.1. The van der Waals surface area contributed by atoms with Crippen LogP contribution >= 0.6 is 11.3 Å². The number of nitrogens with two attached hydrogens (primary N) is 1. The molecule has 7 heteroatoms. The second kappa shape index (κ2) is 7.87. The molecule has 4 N–H and O–H groups in total. The van der Waals surface area contributed by atoms with E-state index in [0.29, 0.717) is 15.8 Å². The summed E-state index contributed by atoms with van der Waals surface area (Å²) in [6.45, 7) is 5.04. The van der Waals surface area contributed by atoms with Gasteiger partial charge in [0.25, 0.3) is 5.91 Å². The van der Waals surface area contributed by atoms with E-state index in [0.717, 1.165) is 19.4 Å². The van der Waals surface area contributed by atoms with Gasteiger partial charge in [-0.25, -0.2) is 4.79 Å². The van der Waals surface area contributed by atoms with Crippen molar-refractivity contribution in [2.24, 2.45) is 5.92 Å². The Morgan fingerprint density at radius 3 is 2.57 bits per heavy atom. The number of ether oxygens (including phenoxy) is 1. The van der Waals surface area contributed by atoms with E-state index in [2.05, 4.69) is 24.5 Å². The van der Waals surface area contributed by atoms with Gasteiger partial charge in [-0.05, 0) is 18.8 Å². The number of amides is 1. The van der Waals surface area contributed by atoms with Crippen molar-refractivity contribution >= 4 is 33.9 Å². The number of carbonyl (C=O) groups excluding carboxylic acids is 2. The zero-order valence-electron chi connectivity index (χ0n) is 12.9. The normalized spacial score (nSPS) is 10.5. The largest absolute Gasteiger partial charge is 0.465 e. The maximum Gasteiger partial charge on any atom is 0.343 e. The summed E-state index contributed by atoms with van der Waals surface area (Å²) in [7, 11) is 2.82. The molecular weight excluding hydrogens is 290 g/mol. The molecule has 6 nitrogen and oxygen atoms in total. The van der Waals surface area contributed by atoms with Crippen molar-refractivity contribution < 1.29 is 14.3 Å². The van der Waals surface area contributed by atoms with Crippen LogP contribution in [0.4, 0.5) is 10.7 Å². The number of rotatable bonds is 7. The van der Waals surface area contributed by atoms with Gasteiger partial charge < -0.3 is 21.1 Å². The zero-order chi connectivity index (χ0) is 16.0. The number of nitrogen functional groups attached to an aromatic ring is 1. The topological polar surface area (TPSA) is 93.5 Å². The van der Waals surface area contributed by atoms with Gasteiger partial charge in [0, 0.05) is 13.6 Å². The Kier molecular flexibility index (Phi) is 6.48. The summed E-state index contributed by atoms with van der Waals surface area (Å²) in [5.74, 6) is -0.218. The summed E-state index contributed by atoms with van der Waals surface area (Å²) in [6.07, 6.45) is 2.06. The number of nitrogens with one attached hydrogen (secondary N) is 2. The van der Waals surface area contributed by atoms with Crippen molar-refractivity contribution in [3.8, 4) is 0 Å². The molecule has 0 aliphatic heterocycles. The fourth-order valence-corrected chi connectivity index (χ4v) is 2.95. The van der Waals surface area contributed by atoms with Crippen LogP contribution in [0.25, 0.3) is 0 Å². The fourth-order valence-electron chi connectivity index (χ4n) is 1.87. The standard InChI is InChI=1S/C14H23N3O3S/c1-8(2)6-5-7-17-13-9(14(19)20-4)10(15)11(21-13)12(18)16-3/h8,17H,5-7,15H2,1-4H3,(H,16,18). The average Bonchev–Trinajstić information content (AvgIpc) is 2.78. The highest BCUT2D eigenvalue weighted by molar-refractivity contribution is 7.19. The number of thiophene rings is 1. The molecule has 1 rings (SSSR count). The lowest BCUT2D eigenvalue weighted by molar-refractivity contribution is 0.0603. The number of carbonyl (C=O) groups is 2. The van der Waals surface area contributed by atoms with Crippen LogP contribution < -0.4 is 16.4 Å². The first kappa shape index (κ1) is 17.3. The van der Waals surface area contributed by atoms with Gasteiger partial charge >= 0.3 is 5.97 Å². The molecule has 118 valence electrons. The average molecular weight is 313 g/mol. The molecule has 1 aromatic rings. The van der Waals surface area contributed by atoms with E-state index in [1.54, 1.807) is 0 Å². The Balaban J connectivity index is 2.95. The number of methoxy groups -OCH3 is 1. The Morgan fingerprint density at radius 2 is 2.05 bits per heavy atom. The van der Waals surface area contributed by atoms with Crippen LogP contribution in [-0.4, -0.2) is 32.6 Å². The summed E-state index contributed by atoms with van der Waals surface area (Å²) >= 11 is 1.17. The zero-order valence-corrected chi connectivity index (χ0v) is 13.7. The smallest absolute Gasteiger partial charge is 0.343 e. The Hall–Kier alpha value is -1.76. The van der Waals surface area contributed by atoms with Crippen LogP contribution in [0, 0.1) is 5.92 Å². The van der Waals surface area contributed by atoms with Crippen LogP contribution in [0.2, 0.25) is 0 Å². The molecule has 0 fully saturated rings. The minimum absolute atomic E-state index is 0.164. The van der Waals surface area contributed by atoms with Crippen LogP contribution in [-0.2, 0) is 4.74 Å². The molecule has 0 spiro atoms. The van der Waals surface area contributed by atoms with Gasteiger partial charge in [0.2, 0.25) is 0 Å². The summed E-state index contributed by atoms with van der Waals surface area (Å²) in [5.41, 5.74) is 6.32. The molecule has 1 heterocycles. The summed E-state index contributed by atoms with van der Waals surface area (Å²) in [4.78, 5) is 23.9. The van der Waals surface area contributed by atoms with Crippen molar-refractivity contribution in [1.29, 1.82) is 0 Å². The minimum atomic E-state index is -0.537. The van der Waals surface area contributed by atoms with Crippen LogP contribution in [0.15, 0.2) is 0 Å². The lowest BCUT2D eigenvalue weighted by Gasteiger charge is -2.08. The van der Waals surface area contributed by atoms with Gasteiger partial charge in [0.15, 0.2) is 0 Å². The third-order valence-electron chi connectivity index (χ3n) is 3.01. The molecule has 0 aromatic carbocycles. The second-order valence-electron chi connectivity index (χ2n) is 5.08. The number of hydrogen-bond donors (Lipinski definition) is 3. The van der Waals surface area contributed by atoms with Gasteiger partial charge in [-0.1, -0.05) is 13.8 Å². The van der Waals surface area contributed by atoms with Crippen LogP contribution in [0.3, 0.4) is 0 Å². The van der Waals surface area contributed by atoms with E-state index in [1.165, 1.54) is 25.5 Å². The van der Waals surface area contributed by atoms with Crippen LogP contribution in [0.1, 0.15) is 46.7 Å². The predicted octanol–water partition coefficient (Wildman–Crippen LogP) is 2.32. The second-order valence-corrected chi connectivity index (χ2v) is 6.10. The van der Waals surface area contributed by atoms with Crippen molar-refractivity contribution in [2.45, 2.75) is 26.7 Å². The molecule has 1 aromatic heterocycles. The molecule has 0 radical (unpaired) electrons. The van der Waals surface area contributed by atoms with Gasteiger partial charge in [0.1, 0.15) is 15.4 Å². The summed E-state index contributed by atoms with van der Waals surface area (Å²) in [5, 5.41) is 6.28. The van der Waals surface area contributed by atoms with E-state index < -0.39 is 5.97 Å². The summed E-state index contributed by atoms with van der Waals surface area (Å²) < 4.78 is 4.75. The lowest BCUT2D eigenvalue weighted by Crippen LogP contribution is -2.18. The Labute approximate surface area is 129 Å². The first-order valence-corrected chi connectivity index (χ1v) is 7.70. The molecule has 0 aliphatic carbocycles. The van der Waals surface area contributed by atoms with Crippen molar-refractivity contribution in [3.63, 3.8) is 0 Å². The first-order valence-electron chi connectivity index (χ1n) is 6.88. The summed E-state index contributed by atoms with van der Waals surface area (Å²) in [6, 6.07) is 0. The highest BCUT2D eigenvalue weighted by Gasteiger charge is 2.25. The third kappa shape index (κ3) is 4.35.